The molecule has 0 saturated carbocycles. The van der Waals surface area contributed by atoms with Gasteiger partial charge in [-0.3, -0.25) is 4.79 Å². The fourth-order valence-electron chi connectivity index (χ4n) is 1.59. The number of nitrogens with one attached hydrogen (secondary N) is 1. The predicted octanol–water partition coefficient (Wildman–Crippen LogP) is 3.78. The summed E-state index contributed by atoms with van der Waals surface area (Å²) in [6.45, 7) is 10.5. The molecule has 0 spiro atoms. The first kappa shape index (κ1) is 14.2. The molecule has 3 heteroatoms. The maximum Gasteiger partial charge on any atom is 0.261 e. The van der Waals surface area contributed by atoms with Gasteiger partial charge in [0.05, 0.1) is 4.88 Å². The highest BCUT2D eigenvalue weighted by Gasteiger charge is 2.15. The molecule has 1 N–H and O–H groups in total. The van der Waals surface area contributed by atoms with Gasteiger partial charge in [0.2, 0.25) is 0 Å². The fraction of sp³-hybridized carbons (Fsp3) is 0.643. The second-order valence-electron chi connectivity index (χ2n) is 4.95. The Morgan fingerprint density at radius 1 is 1.41 bits per heavy atom. The van der Waals surface area contributed by atoms with Crippen LogP contribution in [0.25, 0.3) is 0 Å². The standard InChI is InChI=1S/C14H23NOS/c1-6-7-12-8-13(17-11(12)5)14(16)15-10(4)9(2)3/h8-10H,6-7H2,1-5H3,(H,15,16). The summed E-state index contributed by atoms with van der Waals surface area (Å²) in [6, 6.07) is 2.27. The highest BCUT2D eigenvalue weighted by Crippen LogP contribution is 2.23. The van der Waals surface area contributed by atoms with Crippen molar-refractivity contribution in [3.63, 3.8) is 0 Å². The van der Waals surface area contributed by atoms with Gasteiger partial charge in [-0.05, 0) is 37.8 Å². The third-order valence-electron chi connectivity index (χ3n) is 3.12. The Morgan fingerprint density at radius 3 is 2.59 bits per heavy atom. The van der Waals surface area contributed by atoms with Crippen LogP contribution in [0, 0.1) is 12.8 Å². The third-order valence-corrected chi connectivity index (χ3v) is 4.21. The van der Waals surface area contributed by atoms with Crippen molar-refractivity contribution in [2.75, 3.05) is 0 Å². The Morgan fingerprint density at radius 2 is 2.06 bits per heavy atom. The van der Waals surface area contributed by atoms with Crippen LogP contribution in [0.5, 0.6) is 0 Å². The number of carbonyl (C=O) groups excluding carboxylic acids is 1. The van der Waals surface area contributed by atoms with Crippen molar-refractivity contribution >= 4 is 17.2 Å². The molecule has 1 aromatic rings. The van der Waals surface area contributed by atoms with Crippen LogP contribution in [0.15, 0.2) is 6.07 Å². The number of carbonyl (C=O) groups is 1. The molecule has 1 heterocycles. The minimum Gasteiger partial charge on any atom is -0.349 e. The molecule has 17 heavy (non-hydrogen) atoms. The van der Waals surface area contributed by atoms with Gasteiger partial charge in [0.25, 0.3) is 5.91 Å². The summed E-state index contributed by atoms with van der Waals surface area (Å²) < 4.78 is 0. The van der Waals surface area contributed by atoms with Gasteiger partial charge >= 0.3 is 0 Å². The van der Waals surface area contributed by atoms with Crippen LogP contribution in [0.2, 0.25) is 0 Å². The molecule has 0 bridgehead atoms. The number of hydrogen-bond donors (Lipinski definition) is 1. The van der Waals surface area contributed by atoms with Crippen molar-refractivity contribution < 1.29 is 4.79 Å². The second kappa shape index (κ2) is 6.20. The van der Waals surface area contributed by atoms with Crippen LogP contribution in [0.1, 0.15) is 54.2 Å². The molecule has 96 valence electrons. The van der Waals surface area contributed by atoms with Crippen LogP contribution in [-0.4, -0.2) is 11.9 Å². The first-order valence-corrected chi connectivity index (χ1v) is 7.17. The second-order valence-corrected chi connectivity index (χ2v) is 6.20. The highest BCUT2D eigenvalue weighted by atomic mass is 32.1. The Kier molecular flexibility index (Phi) is 5.19. The number of amides is 1. The summed E-state index contributed by atoms with van der Waals surface area (Å²) in [5, 5.41) is 3.05. The van der Waals surface area contributed by atoms with Gasteiger partial charge in [-0.2, -0.15) is 0 Å². The SMILES string of the molecule is CCCc1cc(C(=O)NC(C)C(C)C)sc1C. The number of rotatable bonds is 5. The van der Waals surface area contributed by atoms with E-state index in [4.69, 9.17) is 0 Å². The maximum absolute atomic E-state index is 12.0. The minimum absolute atomic E-state index is 0.0710. The van der Waals surface area contributed by atoms with Gasteiger partial charge in [-0.1, -0.05) is 27.2 Å². The molecular formula is C14H23NOS. The Bertz CT molecular complexity index is 382. The smallest absolute Gasteiger partial charge is 0.261 e. The molecule has 1 unspecified atom stereocenters. The van der Waals surface area contributed by atoms with E-state index in [1.165, 1.54) is 10.4 Å². The van der Waals surface area contributed by atoms with E-state index in [0.29, 0.717) is 5.92 Å². The lowest BCUT2D eigenvalue weighted by molar-refractivity contribution is 0.0934. The average Bonchev–Trinajstić information content (AvgIpc) is 2.61. The summed E-state index contributed by atoms with van der Waals surface area (Å²) in [7, 11) is 0. The molecular weight excluding hydrogens is 230 g/mol. The zero-order valence-corrected chi connectivity index (χ0v) is 12.3. The first-order valence-electron chi connectivity index (χ1n) is 6.35. The molecule has 0 aromatic carbocycles. The van der Waals surface area contributed by atoms with E-state index < -0.39 is 0 Å². The van der Waals surface area contributed by atoms with Gasteiger partial charge < -0.3 is 5.32 Å². The van der Waals surface area contributed by atoms with Crippen LogP contribution in [0.3, 0.4) is 0 Å². The topological polar surface area (TPSA) is 29.1 Å². The quantitative estimate of drug-likeness (QED) is 0.850. The van der Waals surface area contributed by atoms with Gasteiger partial charge in [0.15, 0.2) is 0 Å². The van der Waals surface area contributed by atoms with Crippen LogP contribution in [-0.2, 0) is 6.42 Å². The molecule has 0 radical (unpaired) electrons. The van der Waals surface area contributed by atoms with Gasteiger partial charge in [0.1, 0.15) is 0 Å². The lowest BCUT2D eigenvalue weighted by Gasteiger charge is -2.16. The zero-order chi connectivity index (χ0) is 13.0. The predicted molar refractivity (Wildman–Crippen MR) is 74.8 cm³/mol. The van der Waals surface area contributed by atoms with Crippen molar-refractivity contribution in [1.82, 2.24) is 5.32 Å². The van der Waals surface area contributed by atoms with E-state index in [1.807, 2.05) is 6.07 Å². The summed E-state index contributed by atoms with van der Waals surface area (Å²) in [4.78, 5) is 14.1. The van der Waals surface area contributed by atoms with Crippen molar-refractivity contribution in [3.8, 4) is 0 Å². The van der Waals surface area contributed by atoms with E-state index in [1.54, 1.807) is 11.3 Å². The summed E-state index contributed by atoms with van der Waals surface area (Å²) in [5.74, 6) is 0.539. The van der Waals surface area contributed by atoms with Crippen molar-refractivity contribution in [3.05, 3.63) is 21.4 Å². The normalized spacial score (nSPS) is 12.8. The monoisotopic (exact) mass is 253 g/mol. The van der Waals surface area contributed by atoms with E-state index >= 15 is 0 Å². The van der Waals surface area contributed by atoms with E-state index in [-0.39, 0.29) is 11.9 Å². The van der Waals surface area contributed by atoms with Gasteiger partial charge in [-0.15, -0.1) is 11.3 Å². The molecule has 0 fully saturated rings. The summed E-state index contributed by atoms with van der Waals surface area (Å²) >= 11 is 1.60. The molecule has 1 atom stereocenters. The highest BCUT2D eigenvalue weighted by molar-refractivity contribution is 7.14. The zero-order valence-electron chi connectivity index (χ0n) is 11.5. The van der Waals surface area contributed by atoms with E-state index in [0.717, 1.165) is 17.7 Å². The largest absolute Gasteiger partial charge is 0.349 e. The van der Waals surface area contributed by atoms with Crippen molar-refractivity contribution in [2.45, 2.75) is 53.5 Å². The lowest BCUT2D eigenvalue weighted by Crippen LogP contribution is -2.35. The van der Waals surface area contributed by atoms with Crippen LogP contribution < -0.4 is 5.32 Å². The number of thiophene rings is 1. The van der Waals surface area contributed by atoms with Gasteiger partial charge in [0, 0.05) is 10.9 Å². The number of aryl methyl sites for hydroxylation is 2. The molecule has 0 aliphatic heterocycles. The van der Waals surface area contributed by atoms with Crippen molar-refractivity contribution in [2.24, 2.45) is 5.92 Å². The maximum atomic E-state index is 12.0. The van der Waals surface area contributed by atoms with E-state index in [2.05, 4.69) is 39.9 Å². The molecule has 0 saturated heterocycles. The number of hydrogen-bond acceptors (Lipinski definition) is 2. The first-order chi connectivity index (χ1) is 7.95. The van der Waals surface area contributed by atoms with Crippen molar-refractivity contribution in [1.29, 1.82) is 0 Å². The molecule has 1 rings (SSSR count). The third kappa shape index (κ3) is 3.84. The lowest BCUT2D eigenvalue weighted by atomic mass is 10.1. The van der Waals surface area contributed by atoms with Crippen LogP contribution >= 0.6 is 11.3 Å². The fourth-order valence-corrected chi connectivity index (χ4v) is 2.57. The molecule has 1 aromatic heterocycles. The van der Waals surface area contributed by atoms with Crippen LogP contribution in [0.4, 0.5) is 0 Å². The Labute approximate surface area is 108 Å². The Hall–Kier alpha value is -0.830. The summed E-state index contributed by atoms with van der Waals surface area (Å²) in [5.41, 5.74) is 1.32. The molecule has 0 aliphatic rings. The van der Waals surface area contributed by atoms with Gasteiger partial charge in [-0.25, -0.2) is 0 Å². The average molecular weight is 253 g/mol. The molecule has 0 aliphatic carbocycles. The summed E-state index contributed by atoms with van der Waals surface area (Å²) in [6.07, 6.45) is 2.19. The van der Waals surface area contributed by atoms with E-state index in [9.17, 15) is 4.79 Å². The minimum atomic E-state index is 0.0710. The molecule has 1 amide bonds. The Balaban J connectivity index is 2.72. The molecule has 2 nitrogen and oxygen atoms in total.